The predicted molar refractivity (Wildman–Crippen MR) is 50.7 cm³/mol. The van der Waals surface area contributed by atoms with Crippen LogP contribution in [0.15, 0.2) is 6.20 Å². The molecule has 72 valence electrons. The van der Waals surface area contributed by atoms with Crippen molar-refractivity contribution in [3.63, 3.8) is 0 Å². The van der Waals surface area contributed by atoms with Crippen molar-refractivity contribution in [3.8, 4) is 0 Å². The van der Waals surface area contributed by atoms with E-state index in [4.69, 9.17) is 5.73 Å². The number of nitrogens with zero attached hydrogens (tertiary/aromatic N) is 1. The molecule has 1 amide bonds. The third-order valence-corrected chi connectivity index (χ3v) is 3.01. The van der Waals surface area contributed by atoms with Gasteiger partial charge in [0.2, 0.25) is 0 Å². The molecule has 14 heavy (non-hydrogen) atoms. The summed E-state index contributed by atoms with van der Waals surface area (Å²) in [6.07, 6.45) is 3.60. The number of aryl methyl sites for hydroxylation is 1. The molecule has 0 fully saturated rings. The van der Waals surface area contributed by atoms with E-state index >= 15 is 0 Å². The number of carbonyl (C=O) groups excluding carboxylic acids is 1. The molecule has 3 N–H and O–H groups in total. The quantitative estimate of drug-likeness (QED) is 0.615. The molecule has 0 saturated heterocycles. The third kappa shape index (κ3) is 0.861. The first kappa shape index (κ1) is 7.94. The maximum Gasteiger partial charge on any atom is 0.252 e. The Hall–Kier alpha value is -1.42. The van der Waals surface area contributed by atoms with Crippen LogP contribution in [-0.4, -0.2) is 10.9 Å². The second-order valence-corrected chi connectivity index (χ2v) is 3.85. The summed E-state index contributed by atoms with van der Waals surface area (Å²) in [5, 5.41) is 2.80. The van der Waals surface area contributed by atoms with E-state index in [1.54, 1.807) is 6.20 Å². The first-order valence-electron chi connectivity index (χ1n) is 4.82. The largest absolute Gasteiger partial charge is 0.348 e. The molecular weight excluding hydrogens is 178 g/mol. The molecular formula is C10H11N3O. The maximum atomic E-state index is 11.6. The van der Waals surface area contributed by atoms with Gasteiger partial charge in [-0.3, -0.25) is 9.78 Å². The molecule has 1 unspecified atom stereocenters. The molecule has 4 nitrogen and oxygen atoms in total. The van der Waals surface area contributed by atoms with Crippen LogP contribution in [0, 0.1) is 0 Å². The topological polar surface area (TPSA) is 68.0 Å². The van der Waals surface area contributed by atoms with Gasteiger partial charge in [-0.15, -0.1) is 0 Å². The lowest BCUT2D eigenvalue weighted by molar-refractivity contribution is 0.0964. The van der Waals surface area contributed by atoms with E-state index in [9.17, 15) is 4.79 Å². The van der Waals surface area contributed by atoms with E-state index in [2.05, 4.69) is 10.3 Å². The summed E-state index contributed by atoms with van der Waals surface area (Å²) in [5.74, 6) is 0.0102. The zero-order chi connectivity index (χ0) is 9.71. The Morgan fingerprint density at radius 1 is 1.57 bits per heavy atom. The first-order valence-corrected chi connectivity index (χ1v) is 4.82. The molecule has 4 heteroatoms. The number of carbonyl (C=O) groups is 1. The van der Waals surface area contributed by atoms with Gasteiger partial charge >= 0.3 is 0 Å². The molecule has 0 spiro atoms. The number of amides is 1. The van der Waals surface area contributed by atoms with Gasteiger partial charge in [0.25, 0.3) is 5.91 Å². The summed E-state index contributed by atoms with van der Waals surface area (Å²) in [4.78, 5) is 15.9. The van der Waals surface area contributed by atoms with Crippen LogP contribution in [0.25, 0.3) is 0 Å². The smallest absolute Gasteiger partial charge is 0.252 e. The fourth-order valence-corrected chi connectivity index (χ4v) is 2.31. The summed E-state index contributed by atoms with van der Waals surface area (Å²) in [6.45, 7) is 0.598. The van der Waals surface area contributed by atoms with Gasteiger partial charge in [0, 0.05) is 35.6 Å². The summed E-state index contributed by atoms with van der Waals surface area (Å²) in [6, 6.07) is -0.00343. The van der Waals surface area contributed by atoms with Crippen LogP contribution >= 0.6 is 0 Å². The molecule has 1 atom stereocenters. The maximum absolute atomic E-state index is 11.6. The van der Waals surface area contributed by atoms with Crippen LogP contribution < -0.4 is 11.1 Å². The Balaban J connectivity index is 2.29. The molecule has 1 aromatic heterocycles. The molecule has 0 aromatic carbocycles. The molecule has 0 bridgehead atoms. The second kappa shape index (κ2) is 2.54. The number of fused-ring (bicyclic) bond motifs is 3. The Morgan fingerprint density at radius 2 is 2.43 bits per heavy atom. The molecule has 0 radical (unpaired) electrons. The van der Waals surface area contributed by atoms with Crippen molar-refractivity contribution in [1.29, 1.82) is 0 Å². The number of aromatic nitrogens is 1. The second-order valence-electron chi connectivity index (χ2n) is 3.85. The van der Waals surface area contributed by atoms with E-state index in [1.165, 1.54) is 0 Å². The minimum Gasteiger partial charge on any atom is -0.348 e. The average molecular weight is 189 g/mol. The minimum atomic E-state index is -0.00343. The van der Waals surface area contributed by atoms with Crippen LogP contribution in [-0.2, 0) is 13.0 Å². The molecule has 1 aliphatic carbocycles. The van der Waals surface area contributed by atoms with Gasteiger partial charge < -0.3 is 11.1 Å². The number of rotatable bonds is 0. The van der Waals surface area contributed by atoms with Gasteiger partial charge in [-0.05, 0) is 12.8 Å². The molecule has 3 rings (SSSR count). The highest BCUT2D eigenvalue weighted by atomic mass is 16.1. The lowest BCUT2D eigenvalue weighted by Crippen LogP contribution is -2.16. The highest BCUT2D eigenvalue weighted by molar-refractivity contribution is 6.00. The van der Waals surface area contributed by atoms with Crippen molar-refractivity contribution >= 4 is 5.91 Å². The highest BCUT2D eigenvalue weighted by Gasteiger charge is 2.31. The number of pyridine rings is 1. The van der Waals surface area contributed by atoms with Crippen LogP contribution in [0.2, 0.25) is 0 Å². The number of nitrogens with one attached hydrogen (secondary N) is 1. The van der Waals surface area contributed by atoms with Crippen molar-refractivity contribution in [2.24, 2.45) is 5.73 Å². The fraction of sp³-hybridized carbons (Fsp3) is 0.400. The molecule has 2 heterocycles. The number of nitrogens with two attached hydrogens (primary N) is 1. The first-order chi connectivity index (χ1) is 6.77. The average Bonchev–Trinajstić information content (AvgIpc) is 2.72. The minimum absolute atomic E-state index is 0.00343. The van der Waals surface area contributed by atoms with Gasteiger partial charge in [-0.1, -0.05) is 0 Å². The standard InChI is InChI=1S/C10H11N3O/c11-6-1-2-7-9(6)8-5(3-12-7)4-13-10(8)14/h3,6H,1-2,4,11H2,(H,13,14). The zero-order valence-corrected chi connectivity index (χ0v) is 7.71. The summed E-state index contributed by atoms with van der Waals surface area (Å²) in [5.41, 5.74) is 9.74. The van der Waals surface area contributed by atoms with Gasteiger partial charge in [-0.2, -0.15) is 0 Å². The summed E-state index contributed by atoms with van der Waals surface area (Å²) < 4.78 is 0. The van der Waals surface area contributed by atoms with Crippen LogP contribution in [0.1, 0.15) is 39.6 Å². The van der Waals surface area contributed by atoms with Crippen molar-refractivity contribution in [1.82, 2.24) is 10.3 Å². The van der Waals surface area contributed by atoms with Gasteiger partial charge in [0.15, 0.2) is 0 Å². The Morgan fingerprint density at radius 3 is 3.29 bits per heavy atom. The molecule has 1 aromatic rings. The van der Waals surface area contributed by atoms with Crippen molar-refractivity contribution in [3.05, 3.63) is 28.6 Å². The van der Waals surface area contributed by atoms with E-state index < -0.39 is 0 Å². The highest BCUT2D eigenvalue weighted by Crippen LogP contribution is 2.33. The SMILES string of the molecule is NC1CCc2ncc3c(c21)C(=O)NC3. The summed E-state index contributed by atoms with van der Waals surface area (Å²) >= 11 is 0. The molecule has 1 aliphatic heterocycles. The van der Waals surface area contributed by atoms with E-state index in [0.717, 1.165) is 35.2 Å². The monoisotopic (exact) mass is 189 g/mol. The Bertz CT molecular complexity index is 428. The van der Waals surface area contributed by atoms with Gasteiger partial charge in [0.05, 0.1) is 5.56 Å². The Labute approximate surface area is 81.5 Å². The van der Waals surface area contributed by atoms with Crippen LogP contribution in [0.4, 0.5) is 0 Å². The van der Waals surface area contributed by atoms with Crippen molar-refractivity contribution < 1.29 is 4.79 Å². The lowest BCUT2D eigenvalue weighted by Gasteiger charge is -2.08. The zero-order valence-electron chi connectivity index (χ0n) is 7.71. The number of hydrogen-bond acceptors (Lipinski definition) is 3. The van der Waals surface area contributed by atoms with E-state index in [-0.39, 0.29) is 11.9 Å². The van der Waals surface area contributed by atoms with Gasteiger partial charge in [0.1, 0.15) is 0 Å². The fourth-order valence-electron chi connectivity index (χ4n) is 2.31. The van der Waals surface area contributed by atoms with Crippen molar-refractivity contribution in [2.75, 3.05) is 0 Å². The third-order valence-electron chi connectivity index (χ3n) is 3.01. The molecule has 2 aliphatic rings. The van der Waals surface area contributed by atoms with E-state index in [0.29, 0.717) is 6.54 Å². The molecule has 0 saturated carbocycles. The predicted octanol–water partition coefficient (Wildman–Crippen LogP) is 0.271. The van der Waals surface area contributed by atoms with Crippen LogP contribution in [0.3, 0.4) is 0 Å². The normalized spacial score (nSPS) is 23.2. The van der Waals surface area contributed by atoms with Crippen molar-refractivity contribution in [2.45, 2.75) is 25.4 Å². The lowest BCUT2D eigenvalue weighted by atomic mass is 10.0. The van der Waals surface area contributed by atoms with Crippen LogP contribution in [0.5, 0.6) is 0 Å². The van der Waals surface area contributed by atoms with Gasteiger partial charge in [-0.25, -0.2) is 0 Å². The van der Waals surface area contributed by atoms with E-state index in [1.807, 2.05) is 0 Å². The Kier molecular flexibility index (Phi) is 1.44. The number of hydrogen-bond donors (Lipinski definition) is 2. The summed E-state index contributed by atoms with van der Waals surface area (Å²) in [7, 11) is 0.